The van der Waals surface area contributed by atoms with Crippen LogP contribution in [0.25, 0.3) is 0 Å². The monoisotopic (exact) mass is 285 g/mol. The first-order valence-electron chi connectivity index (χ1n) is 6.80. The van der Waals surface area contributed by atoms with Crippen LogP contribution in [0.15, 0.2) is 29.3 Å². The number of benzene rings is 1. The second-order valence-corrected chi connectivity index (χ2v) is 5.48. The number of rotatable bonds is 3. The number of carbonyl (C=O) groups excluding carboxylic acids is 3. The van der Waals surface area contributed by atoms with Crippen molar-refractivity contribution in [3.05, 3.63) is 29.8 Å². The third-order valence-electron chi connectivity index (χ3n) is 4.07. The maximum Gasteiger partial charge on any atom is 0.247 e. The highest BCUT2D eigenvalue weighted by Crippen LogP contribution is 2.52. The SMILES string of the molecule is CN1CC(=O)N(c2ccccc2C2(N=C=O)CC2)CC1=O. The molecule has 1 aromatic rings. The molecule has 6 heteroatoms. The Balaban J connectivity index is 2.02. The van der Waals surface area contributed by atoms with Crippen LogP contribution in [0.3, 0.4) is 0 Å². The number of isocyanates is 1. The molecular formula is C15H15N3O3. The second kappa shape index (κ2) is 4.82. The zero-order chi connectivity index (χ0) is 15.0. The summed E-state index contributed by atoms with van der Waals surface area (Å²) in [5, 5.41) is 0. The molecule has 108 valence electrons. The Hall–Kier alpha value is -2.46. The van der Waals surface area contributed by atoms with Gasteiger partial charge in [-0.2, -0.15) is 4.99 Å². The molecule has 1 aliphatic heterocycles. The molecule has 0 atom stereocenters. The van der Waals surface area contributed by atoms with Crippen molar-refractivity contribution in [2.75, 3.05) is 25.0 Å². The van der Waals surface area contributed by atoms with Crippen molar-refractivity contribution in [3.8, 4) is 0 Å². The Bertz CT molecular complexity index is 660. The molecule has 2 amide bonds. The Morgan fingerprint density at radius 3 is 2.52 bits per heavy atom. The summed E-state index contributed by atoms with van der Waals surface area (Å²) in [4.78, 5) is 41.6. The first-order valence-corrected chi connectivity index (χ1v) is 6.80. The first kappa shape index (κ1) is 13.5. The molecule has 0 unspecified atom stereocenters. The molecule has 2 fully saturated rings. The number of hydrogen-bond donors (Lipinski definition) is 0. The fraction of sp³-hybridized carbons (Fsp3) is 0.400. The van der Waals surface area contributed by atoms with Crippen LogP contribution in [0.4, 0.5) is 5.69 Å². The summed E-state index contributed by atoms with van der Waals surface area (Å²) in [5.74, 6) is -0.233. The van der Waals surface area contributed by atoms with Crippen LogP contribution < -0.4 is 4.90 Å². The number of nitrogens with zero attached hydrogens (tertiary/aromatic N) is 3. The number of para-hydroxylation sites is 1. The molecule has 0 spiro atoms. The molecule has 1 saturated carbocycles. The quantitative estimate of drug-likeness (QED) is 0.609. The molecule has 1 heterocycles. The van der Waals surface area contributed by atoms with Crippen molar-refractivity contribution >= 4 is 23.6 Å². The Labute approximate surface area is 122 Å². The van der Waals surface area contributed by atoms with Gasteiger partial charge in [-0.05, 0) is 18.9 Å². The molecular weight excluding hydrogens is 270 g/mol. The highest BCUT2D eigenvalue weighted by atomic mass is 16.2. The third kappa shape index (κ3) is 2.23. The molecule has 2 aliphatic rings. The Morgan fingerprint density at radius 2 is 1.86 bits per heavy atom. The van der Waals surface area contributed by atoms with Gasteiger partial charge in [-0.1, -0.05) is 18.2 Å². The lowest BCUT2D eigenvalue weighted by Crippen LogP contribution is -2.52. The lowest BCUT2D eigenvalue weighted by Gasteiger charge is -2.33. The van der Waals surface area contributed by atoms with Gasteiger partial charge >= 0.3 is 0 Å². The number of likely N-dealkylation sites (N-methyl/N-ethyl adjacent to an activating group) is 1. The summed E-state index contributed by atoms with van der Waals surface area (Å²) in [7, 11) is 1.61. The van der Waals surface area contributed by atoms with Crippen molar-refractivity contribution in [2.24, 2.45) is 4.99 Å². The van der Waals surface area contributed by atoms with Crippen molar-refractivity contribution < 1.29 is 14.4 Å². The number of piperazine rings is 1. The molecule has 0 aromatic heterocycles. The highest BCUT2D eigenvalue weighted by molar-refractivity contribution is 6.05. The Morgan fingerprint density at radius 1 is 1.14 bits per heavy atom. The van der Waals surface area contributed by atoms with Crippen LogP contribution >= 0.6 is 0 Å². The number of aliphatic imine (C=N–C) groups is 1. The van der Waals surface area contributed by atoms with Gasteiger partial charge in [-0.15, -0.1) is 0 Å². The number of amides is 2. The van der Waals surface area contributed by atoms with Gasteiger partial charge in [-0.3, -0.25) is 9.59 Å². The van der Waals surface area contributed by atoms with E-state index >= 15 is 0 Å². The van der Waals surface area contributed by atoms with E-state index in [1.807, 2.05) is 18.2 Å². The van der Waals surface area contributed by atoms with E-state index in [4.69, 9.17) is 0 Å². The molecule has 3 rings (SSSR count). The zero-order valence-electron chi connectivity index (χ0n) is 11.7. The van der Waals surface area contributed by atoms with Gasteiger partial charge in [0.1, 0.15) is 12.1 Å². The van der Waals surface area contributed by atoms with Gasteiger partial charge in [0.25, 0.3) is 0 Å². The summed E-state index contributed by atoms with van der Waals surface area (Å²) < 4.78 is 0. The van der Waals surface area contributed by atoms with Gasteiger partial charge in [-0.25, -0.2) is 4.79 Å². The minimum absolute atomic E-state index is 0.0211. The van der Waals surface area contributed by atoms with Crippen molar-refractivity contribution in [1.82, 2.24) is 4.90 Å². The standard InChI is InChI=1S/C15H15N3O3/c1-17-8-14(21)18(9-13(17)20)12-5-3-2-4-11(12)15(6-7-15)16-10-19/h2-5H,6-9H2,1H3. The van der Waals surface area contributed by atoms with Crippen molar-refractivity contribution in [2.45, 2.75) is 18.4 Å². The summed E-state index contributed by atoms with van der Waals surface area (Å²) in [6.07, 6.45) is 3.14. The summed E-state index contributed by atoms with van der Waals surface area (Å²) in [6, 6.07) is 7.32. The van der Waals surface area contributed by atoms with E-state index in [0.29, 0.717) is 5.69 Å². The lowest BCUT2D eigenvalue weighted by atomic mass is 10.0. The van der Waals surface area contributed by atoms with Crippen molar-refractivity contribution in [3.63, 3.8) is 0 Å². The fourth-order valence-corrected chi connectivity index (χ4v) is 2.69. The largest absolute Gasteiger partial charge is 0.335 e. The van der Waals surface area contributed by atoms with Crippen LogP contribution in [-0.4, -0.2) is 42.9 Å². The zero-order valence-corrected chi connectivity index (χ0v) is 11.7. The third-order valence-corrected chi connectivity index (χ3v) is 4.07. The van der Waals surface area contributed by atoms with Crippen LogP contribution in [0.2, 0.25) is 0 Å². The first-order chi connectivity index (χ1) is 10.1. The van der Waals surface area contributed by atoms with Crippen LogP contribution in [0, 0.1) is 0 Å². The predicted molar refractivity (Wildman–Crippen MR) is 75.5 cm³/mol. The van der Waals surface area contributed by atoms with Gasteiger partial charge in [0.2, 0.25) is 17.9 Å². The van der Waals surface area contributed by atoms with E-state index in [1.54, 1.807) is 19.2 Å². The maximum absolute atomic E-state index is 12.2. The molecule has 0 N–H and O–H groups in total. The predicted octanol–water partition coefficient (Wildman–Crippen LogP) is 0.817. The minimum atomic E-state index is -0.564. The van der Waals surface area contributed by atoms with Crippen LogP contribution in [-0.2, 0) is 19.9 Å². The minimum Gasteiger partial charge on any atom is -0.335 e. The molecule has 0 bridgehead atoms. The average Bonchev–Trinajstić information content (AvgIpc) is 3.24. The van der Waals surface area contributed by atoms with E-state index in [-0.39, 0.29) is 24.9 Å². The van der Waals surface area contributed by atoms with E-state index < -0.39 is 5.54 Å². The summed E-state index contributed by atoms with van der Waals surface area (Å²) >= 11 is 0. The molecule has 1 aromatic carbocycles. The van der Waals surface area contributed by atoms with Gasteiger partial charge in [0.15, 0.2) is 0 Å². The average molecular weight is 285 g/mol. The molecule has 0 radical (unpaired) electrons. The number of hydrogen-bond acceptors (Lipinski definition) is 4. The molecule has 6 nitrogen and oxygen atoms in total. The maximum atomic E-state index is 12.2. The fourth-order valence-electron chi connectivity index (χ4n) is 2.69. The molecule has 1 aliphatic carbocycles. The topological polar surface area (TPSA) is 70.1 Å². The van der Waals surface area contributed by atoms with Gasteiger partial charge in [0, 0.05) is 18.3 Å². The summed E-state index contributed by atoms with van der Waals surface area (Å²) in [5.41, 5.74) is 0.921. The van der Waals surface area contributed by atoms with Crippen molar-refractivity contribution in [1.29, 1.82) is 0 Å². The normalized spacial score (nSPS) is 20.2. The molecule has 1 saturated heterocycles. The van der Waals surface area contributed by atoms with E-state index in [0.717, 1.165) is 18.4 Å². The molecule has 21 heavy (non-hydrogen) atoms. The van der Waals surface area contributed by atoms with Gasteiger partial charge < -0.3 is 9.80 Å². The summed E-state index contributed by atoms with van der Waals surface area (Å²) in [6.45, 7) is 0.0876. The van der Waals surface area contributed by atoms with Gasteiger partial charge in [0.05, 0.1) is 6.54 Å². The second-order valence-electron chi connectivity index (χ2n) is 5.48. The van der Waals surface area contributed by atoms with E-state index in [2.05, 4.69) is 4.99 Å². The van der Waals surface area contributed by atoms with E-state index in [1.165, 1.54) is 9.80 Å². The van der Waals surface area contributed by atoms with Crippen LogP contribution in [0.5, 0.6) is 0 Å². The smallest absolute Gasteiger partial charge is 0.247 e. The Kier molecular flexibility index (Phi) is 3.11. The van der Waals surface area contributed by atoms with Crippen LogP contribution in [0.1, 0.15) is 18.4 Å². The number of carbonyl (C=O) groups is 2. The van der Waals surface area contributed by atoms with E-state index in [9.17, 15) is 14.4 Å². The lowest BCUT2D eigenvalue weighted by molar-refractivity contribution is -0.136. The number of anilines is 1. The highest BCUT2D eigenvalue weighted by Gasteiger charge is 2.47.